The molecule has 94 valence electrons. The Balaban J connectivity index is 2.12. The van der Waals surface area contributed by atoms with Crippen LogP contribution in [0.3, 0.4) is 0 Å². The number of hydrogen-bond acceptors (Lipinski definition) is 4. The first kappa shape index (κ1) is 12.8. The molecule has 17 heavy (non-hydrogen) atoms. The SMILES string of the molecule is CN1CCOC(C(NN)c2ccc(Cl)cc2)C1. The van der Waals surface area contributed by atoms with Crippen LogP contribution in [0, 0.1) is 0 Å². The maximum atomic E-state index is 5.88. The van der Waals surface area contributed by atoms with Crippen molar-refractivity contribution < 1.29 is 4.74 Å². The second-order valence-electron chi connectivity index (χ2n) is 4.37. The minimum atomic E-state index is -0.00461. The van der Waals surface area contributed by atoms with E-state index in [0.29, 0.717) is 0 Å². The van der Waals surface area contributed by atoms with Gasteiger partial charge in [0.15, 0.2) is 0 Å². The third-order valence-corrected chi connectivity index (χ3v) is 3.33. The molecule has 2 unspecified atom stereocenters. The van der Waals surface area contributed by atoms with Crippen molar-refractivity contribution in [3.05, 3.63) is 34.9 Å². The van der Waals surface area contributed by atoms with E-state index in [1.54, 1.807) is 0 Å². The first-order valence-electron chi connectivity index (χ1n) is 5.72. The van der Waals surface area contributed by atoms with Gasteiger partial charge < -0.3 is 9.64 Å². The van der Waals surface area contributed by atoms with Crippen LogP contribution in [0.1, 0.15) is 11.6 Å². The number of nitrogens with two attached hydrogens (primary N) is 1. The maximum Gasteiger partial charge on any atom is 0.0909 e. The molecule has 0 amide bonds. The molecule has 1 heterocycles. The summed E-state index contributed by atoms with van der Waals surface area (Å²) in [6.45, 7) is 2.58. The molecule has 0 bridgehead atoms. The lowest BCUT2D eigenvalue weighted by molar-refractivity contribution is -0.0393. The van der Waals surface area contributed by atoms with Gasteiger partial charge in [-0.1, -0.05) is 23.7 Å². The zero-order chi connectivity index (χ0) is 12.3. The summed E-state index contributed by atoms with van der Waals surface area (Å²) in [5.41, 5.74) is 3.93. The lowest BCUT2D eigenvalue weighted by Gasteiger charge is -2.35. The van der Waals surface area contributed by atoms with E-state index in [1.165, 1.54) is 0 Å². The van der Waals surface area contributed by atoms with E-state index >= 15 is 0 Å². The zero-order valence-corrected chi connectivity index (χ0v) is 10.7. The fourth-order valence-corrected chi connectivity index (χ4v) is 2.23. The summed E-state index contributed by atoms with van der Waals surface area (Å²) >= 11 is 5.88. The summed E-state index contributed by atoms with van der Waals surface area (Å²) < 4.78 is 5.77. The fraction of sp³-hybridized carbons (Fsp3) is 0.500. The molecule has 0 radical (unpaired) electrons. The van der Waals surface area contributed by atoms with E-state index in [4.69, 9.17) is 22.2 Å². The van der Waals surface area contributed by atoms with Crippen LogP contribution in [0.25, 0.3) is 0 Å². The number of hydrazine groups is 1. The van der Waals surface area contributed by atoms with Crippen LogP contribution in [-0.2, 0) is 4.74 Å². The minimum Gasteiger partial charge on any atom is -0.374 e. The summed E-state index contributed by atoms with van der Waals surface area (Å²) in [5.74, 6) is 5.64. The lowest BCUT2D eigenvalue weighted by Crippen LogP contribution is -2.48. The average molecular weight is 256 g/mol. The molecule has 0 aromatic heterocycles. The van der Waals surface area contributed by atoms with Crippen molar-refractivity contribution in [3.63, 3.8) is 0 Å². The number of rotatable bonds is 3. The number of likely N-dealkylation sites (N-methyl/N-ethyl adjacent to an activating group) is 1. The fourth-order valence-electron chi connectivity index (χ4n) is 2.10. The molecule has 1 saturated heterocycles. The molecular weight excluding hydrogens is 238 g/mol. The summed E-state index contributed by atoms with van der Waals surface area (Å²) in [6, 6.07) is 7.69. The highest BCUT2D eigenvalue weighted by Crippen LogP contribution is 2.22. The molecule has 1 aromatic carbocycles. The number of nitrogens with one attached hydrogen (secondary N) is 1. The Hall–Kier alpha value is -0.650. The largest absolute Gasteiger partial charge is 0.374 e. The summed E-state index contributed by atoms with van der Waals surface area (Å²) in [6.07, 6.45) is 0.0694. The molecule has 0 aliphatic carbocycles. The predicted octanol–water partition coefficient (Wildman–Crippen LogP) is 1.18. The van der Waals surface area contributed by atoms with Crippen LogP contribution in [0.15, 0.2) is 24.3 Å². The highest BCUT2D eigenvalue weighted by Gasteiger charge is 2.27. The molecule has 0 spiro atoms. The van der Waals surface area contributed by atoms with Crippen molar-refractivity contribution in [1.82, 2.24) is 10.3 Å². The normalized spacial score (nSPS) is 23.6. The molecule has 1 aliphatic heterocycles. The molecule has 1 aliphatic rings. The summed E-state index contributed by atoms with van der Waals surface area (Å²) in [4.78, 5) is 2.24. The van der Waals surface area contributed by atoms with Crippen LogP contribution < -0.4 is 11.3 Å². The standard InChI is InChI=1S/C12H18ClN3O/c1-16-6-7-17-11(8-16)12(15-14)9-2-4-10(13)5-3-9/h2-5,11-12,15H,6-8,14H2,1H3. The van der Waals surface area contributed by atoms with E-state index in [0.717, 1.165) is 30.3 Å². The Bertz CT molecular complexity index is 357. The van der Waals surface area contributed by atoms with Gasteiger partial charge in [0.2, 0.25) is 0 Å². The van der Waals surface area contributed by atoms with Gasteiger partial charge in [0.05, 0.1) is 18.8 Å². The summed E-state index contributed by atoms with van der Waals surface area (Å²) in [5, 5.41) is 0.728. The van der Waals surface area contributed by atoms with Gasteiger partial charge in [-0.15, -0.1) is 0 Å². The second-order valence-corrected chi connectivity index (χ2v) is 4.80. The lowest BCUT2D eigenvalue weighted by atomic mass is 10.0. The average Bonchev–Trinajstić information content (AvgIpc) is 2.33. The highest BCUT2D eigenvalue weighted by atomic mass is 35.5. The van der Waals surface area contributed by atoms with Gasteiger partial charge >= 0.3 is 0 Å². The van der Waals surface area contributed by atoms with Gasteiger partial charge in [-0.3, -0.25) is 11.3 Å². The van der Waals surface area contributed by atoms with Crippen LogP contribution in [0.4, 0.5) is 0 Å². The van der Waals surface area contributed by atoms with Gasteiger partial charge in [-0.05, 0) is 24.7 Å². The van der Waals surface area contributed by atoms with E-state index in [9.17, 15) is 0 Å². The number of ether oxygens (including phenoxy) is 1. The second kappa shape index (κ2) is 5.80. The van der Waals surface area contributed by atoms with Crippen LogP contribution in [-0.4, -0.2) is 37.7 Å². The maximum absolute atomic E-state index is 5.88. The number of benzene rings is 1. The Morgan fingerprint density at radius 2 is 2.18 bits per heavy atom. The molecule has 2 rings (SSSR count). The van der Waals surface area contributed by atoms with Crippen molar-refractivity contribution in [1.29, 1.82) is 0 Å². The Labute approximate surface area is 107 Å². The van der Waals surface area contributed by atoms with Crippen molar-refractivity contribution in [2.45, 2.75) is 12.1 Å². The smallest absolute Gasteiger partial charge is 0.0909 e. The van der Waals surface area contributed by atoms with Crippen molar-refractivity contribution in [2.24, 2.45) is 5.84 Å². The van der Waals surface area contributed by atoms with E-state index in [-0.39, 0.29) is 12.1 Å². The van der Waals surface area contributed by atoms with Crippen molar-refractivity contribution >= 4 is 11.6 Å². The van der Waals surface area contributed by atoms with E-state index in [1.807, 2.05) is 24.3 Å². The molecule has 1 fully saturated rings. The van der Waals surface area contributed by atoms with Crippen LogP contribution in [0.5, 0.6) is 0 Å². The van der Waals surface area contributed by atoms with Crippen molar-refractivity contribution in [3.8, 4) is 0 Å². The molecule has 4 nitrogen and oxygen atoms in total. The molecular formula is C12H18ClN3O. The third kappa shape index (κ3) is 3.18. The summed E-state index contributed by atoms with van der Waals surface area (Å²) in [7, 11) is 2.09. The quantitative estimate of drug-likeness (QED) is 0.629. The Morgan fingerprint density at radius 3 is 2.76 bits per heavy atom. The van der Waals surface area contributed by atoms with Crippen LogP contribution in [0.2, 0.25) is 5.02 Å². The van der Waals surface area contributed by atoms with Gasteiger partial charge in [-0.2, -0.15) is 0 Å². The third-order valence-electron chi connectivity index (χ3n) is 3.08. The Kier molecular flexibility index (Phi) is 4.36. The van der Waals surface area contributed by atoms with Gasteiger partial charge in [0, 0.05) is 18.1 Å². The van der Waals surface area contributed by atoms with Crippen molar-refractivity contribution in [2.75, 3.05) is 26.7 Å². The minimum absolute atomic E-state index is 0.00461. The molecule has 2 atom stereocenters. The number of nitrogens with zero attached hydrogens (tertiary/aromatic N) is 1. The number of morpholine rings is 1. The van der Waals surface area contributed by atoms with Gasteiger partial charge in [0.25, 0.3) is 0 Å². The Morgan fingerprint density at radius 1 is 1.47 bits per heavy atom. The topological polar surface area (TPSA) is 50.5 Å². The monoisotopic (exact) mass is 255 g/mol. The number of halogens is 1. The zero-order valence-electron chi connectivity index (χ0n) is 9.90. The molecule has 1 aromatic rings. The number of hydrogen-bond donors (Lipinski definition) is 2. The first-order chi connectivity index (χ1) is 8.20. The predicted molar refractivity (Wildman–Crippen MR) is 68.8 cm³/mol. The van der Waals surface area contributed by atoms with Crippen LogP contribution >= 0.6 is 11.6 Å². The highest BCUT2D eigenvalue weighted by molar-refractivity contribution is 6.30. The van der Waals surface area contributed by atoms with Gasteiger partial charge in [0.1, 0.15) is 0 Å². The van der Waals surface area contributed by atoms with E-state index < -0.39 is 0 Å². The molecule has 0 saturated carbocycles. The van der Waals surface area contributed by atoms with Gasteiger partial charge in [-0.25, -0.2) is 0 Å². The molecule has 5 heteroatoms. The first-order valence-corrected chi connectivity index (χ1v) is 6.10. The van der Waals surface area contributed by atoms with E-state index in [2.05, 4.69) is 17.4 Å². The molecule has 3 N–H and O–H groups in total.